The second kappa shape index (κ2) is 5.21. The van der Waals surface area contributed by atoms with Gasteiger partial charge in [0, 0.05) is 11.2 Å². The molecule has 2 aromatic rings. The summed E-state index contributed by atoms with van der Waals surface area (Å²) in [5, 5.41) is 4.25. The van der Waals surface area contributed by atoms with Gasteiger partial charge in [-0.05, 0) is 41.1 Å². The van der Waals surface area contributed by atoms with Gasteiger partial charge in [-0.25, -0.2) is 4.68 Å². The van der Waals surface area contributed by atoms with E-state index in [4.69, 9.17) is 11.6 Å². The number of halogens is 5. The molecule has 0 aliphatic carbocycles. The molecular weight excluding hydrogens is 360 g/mol. The van der Waals surface area contributed by atoms with E-state index in [1.165, 1.54) is 23.0 Å². The Morgan fingerprint density at radius 3 is 2.55 bits per heavy atom. The molecule has 0 amide bonds. The summed E-state index contributed by atoms with van der Waals surface area (Å²) in [5.74, 6) is -1.94. The molecule has 0 aliphatic heterocycles. The van der Waals surface area contributed by atoms with Crippen LogP contribution in [-0.2, 0) is 0 Å². The number of alkyl halides is 3. The van der Waals surface area contributed by atoms with E-state index in [2.05, 4.69) is 21.0 Å². The van der Waals surface area contributed by atoms with Crippen molar-refractivity contribution in [2.24, 2.45) is 0 Å². The normalized spacial score (nSPS) is 11.7. The summed E-state index contributed by atoms with van der Waals surface area (Å²) in [6.45, 7) is 1.68. The van der Waals surface area contributed by atoms with Gasteiger partial charge < -0.3 is 0 Å². The minimum Gasteiger partial charge on any atom is -0.284 e. The van der Waals surface area contributed by atoms with E-state index in [0.717, 1.165) is 6.07 Å². The van der Waals surface area contributed by atoms with Crippen LogP contribution < -0.4 is 0 Å². The molecular formula is C12H7BrClF3N2O. The fourth-order valence-corrected chi connectivity index (χ4v) is 2.04. The van der Waals surface area contributed by atoms with Crippen LogP contribution in [0, 0.1) is 6.92 Å². The van der Waals surface area contributed by atoms with E-state index < -0.39 is 17.5 Å². The molecule has 106 valence electrons. The van der Waals surface area contributed by atoms with Gasteiger partial charge in [0.05, 0.1) is 21.4 Å². The average molecular weight is 368 g/mol. The molecule has 0 aliphatic rings. The van der Waals surface area contributed by atoms with Gasteiger partial charge in [-0.3, -0.25) is 4.79 Å². The van der Waals surface area contributed by atoms with Crippen LogP contribution in [0.5, 0.6) is 0 Å². The van der Waals surface area contributed by atoms with Crippen molar-refractivity contribution in [3.8, 4) is 5.69 Å². The molecule has 0 bridgehead atoms. The van der Waals surface area contributed by atoms with Crippen molar-refractivity contribution in [1.82, 2.24) is 9.78 Å². The Balaban J connectivity index is 2.63. The Bertz CT molecular complexity index is 662. The smallest absolute Gasteiger partial charge is 0.284 e. The van der Waals surface area contributed by atoms with Crippen LogP contribution in [0.2, 0.25) is 5.02 Å². The Morgan fingerprint density at radius 1 is 1.40 bits per heavy atom. The highest BCUT2D eigenvalue weighted by molar-refractivity contribution is 9.10. The summed E-state index contributed by atoms with van der Waals surface area (Å²) in [6, 6.07) is 3.53. The molecule has 0 atom stereocenters. The van der Waals surface area contributed by atoms with E-state index in [9.17, 15) is 18.0 Å². The Labute approximate surface area is 125 Å². The molecule has 0 fully saturated rings. The van der Waals surface area contributed by atoms with Crippen molar-refractivity contribution >= 4 is 33.3 Å². The maximum atomic E-state index is 12.6. The first kappa shape index (κ1) is 15.1. The number of carbonyl (C=O) groups is 1. The molecule has 0 spiro atoms. The molecule has 20 heavy (non-hydrogen) atoms. The maximum absolute atomic E-state index is 12.6. The largest absolute Gasteiger partial charge is 0.454 e. The topological polar surface area (TPSA) is 34.9 Å². The number of hydrogen-bond acceptors (Lipinski definition) is 2. The van der Waals surface area contributed by atoms with Crippen molar-refractivity contribution < 1.29 is 18.0 Å². The monoisotopic (exact) mass is 366 g/mol. The number of rotatable bonds is 2. The highest BCUT2D eigenvalue weighted by Crippen LogP contribution is 2.28. The van der Waals surface area contributed by atoms with Crippen molar-refractivity contribution in [1.29, 1.82) is 0 Å². The van der Waals surface area contributed by atoms with Gasteiger partial charge in [0.1, 0.15) is 0 Å². The third-order valence-electron chi connectivity index (χ3n) is 2.55. The van der Waals surface area contributed by atoms with Gasteiger partial charge in [0.25, 0.3) is 5.78 Å². The van der Waals surface area contributed by atoms with Crippen LogP contribution in [-0.4, -0.2) is 21.7 Å². The lowest BCUT2D eigenvalue weighted by Crippen LogP contribution is -2.24. The molecule has 0 N–H and O–H groups in total. The van der Waals surface area contributed by atoms with Gasteiger partial charge in [0.2, 0.25) is 0 Å². The molecule has 0 radical (unpaired) electrons. The first-order chi connectivity index (χ1) is 9.20. The number of benzene rings is 1. The van der Waals surface area contributed by atoms with Gasteiger partial charge in [-0.2, -0.15) is 18.3 Å². The van der Waals surface area contributed by atoms with Gasteiger partial charge >= 0.3 is 6.18 Å². The van der Waals surface area contributed by atoms with Gasteiger partial charge in [0.15, 0.2) is 0 Å². The van der Waals surface area contributed by atoms with Crippen LogP contribution in [0.15, 0.2) is 28.9 Å². The molecule has 0 unspecified atom stereocenters. The summed E-state index contributed by atoms with van der Waals surface area (Å²) in [7, 11) is 0. The lowest BCUT2D eigenvalue weighted by molar-refractivity contribution is -0.0885. The molecule has 8 heteroatoms. The molecule has 1 heterocycles. The number of hydrogen-bond donors (Lipinski definition) is 0. The summed E-state index contributed by atoms with van der Waals surface area (Å²) in [5.41, 5.74) is 0.0564. The molecule has 0 saturated heterocycles. The second-order valence-corrected chi connectivity index (χ2v) is 5.29. The lowest BCUT2D eigenvalue weighted by atomic mass is 10.1. The Morgan fingerprint density at radius 2 is 2.05 bits per heavy atom. The van der Waals surface area contributed by atoms with E-state index in [0.29, 0.717) is 10.2 Å². The highest BCUT2D eigenvalue weighted by atomic mass is 79.9. The second-order valence-electron chi connectivity index (χ2n) is 4.00. The number of Topliss-reactive ketones (excluding diaryl/α,β-unsaturated/α-hetero) is 1. The molecule has 2 rings (SSSR count). The minimum absolute atomic E-state index is 0.0198. The van der Waals surface area contributed by atoms with E-state index in [1.54, 1.807) is 6.92 Å². The third kappa shape index (κ3) is 2.88. The predicted molar refractivity (Wildman–Crippen MR) is 71.4 cm³/mol. The number of aromatic nitrogens is 2. The molecule has 1 aromatic heterocycles. The van der Waals surface area contributed by atoms with Crippen molar-refractivity contribution in [3.05, 3.63) is 45.1 Å². The van der Waals surface area contributed by atoms with Gasteiger partial charge in [-0.1, -0.05) is 11.6 Å². The van der Waals surface area contributed by atoms with Crippen molar-refractivity contribution in [2.75, 3.05) is 0 Å². The van der Waals surface area contributed by atoms with Crippen LogP contribution in [0.3, 0.4) is 0 Å². The number of ketones is 1. The van der Waals surface area contributed by atoms with Crippen LogP contribution in [0.4, 0.5) is 13.2 Å². The SMILES string of the molecule is Cc1nn(-c2cc(Cl)ccc2C(=O)C(F)(F)F)cc1Br. The Kier molecular flexibility index (Phi) is 3.93. The first-order valence-electron chi connectivity index (χ1n) is 5.33. The summed E-state index contributed by atoms with van der Waals surface area (Å²) < 4.78 is 39.6. The Hall–Kier alpha value is -1.34. The van der Waals surface area contributed by atoms with Crippen molar-refractivity contribution in [2.45, 2.75) is 13.1 Å². The van der Waals surface area contributed by atoms with E-state index in [-0.39, 0.29) is 10.7 Å². The highest BCUT2D eigenvalue weighted by Gasteiger charge is 2.40. The molecule has 3 nitrogen and oxygen atoms in total. The minimum atomic E-state index is -4.96. The summed E-state index contributed by atoms with van der Waals surface area (Å²) in [4.78, 5) is 11.4. The summed E-state index contributed by atoms with van der Waals surface area (Å²) >= 11 is 9.00. The predicted octanol–water partition coefficient (Wildman–Crippen LogP) is 4.34. The molecule has 0 saturated carbocycles. The number of nitrogens with zero attached hydrogens (tertiary/aromatic N) is 2. The van der Waals surface area contributed by atoms with E-state index in [1.807, 2.05) is 0 Å². The number of carbonyl (C=O) groups excluding carboxylic acids is 1. The van der Waals surface area contributed by atoms with Crippen molar-refractivity contribution in [3.63, 3.8) is 0 Å². The average Bonchev–Trinajstić information content (AvgIpc) is 2.67. The summed E-state index contributed by atoms with van der Waals surface area (Å²) in [6.07, 6.45) is -3.49. The first-order valence-corrected chi connectivity index (χ1v) is 6.50. The zero-order chi connectivity index (χ0) is 15.1. The third-order valence-corrected chi connectivity index (χ3v) is 3.56. The standard InChI is InChI=1S/C12H7BrClF3N2O/c1-6-9(13)5-19(18-6)10-4-7(14)2-3-8(10)11(20)12(15,16)17/h2-5H,1H3. The maximum Gasteiger partial charge on any atom is 0.454 e. The quantitative estimate of drug-likeness (QED) is 0.740. The fourth-order valence-electron chi connectivity index (χ4n) is 1.60. The van der Waals surface area contributed by atoms with E-state index >= 15 is 0 Å². The zero-order valence-corrected chi connectivity index (χ0v) is 12.3. The zero-order valence-electron chi connectivity index (χ0n) is 10.0. The molecule has 1 aromatic carbocycles. The lowest BCUT2D eigenvalue weighted by Gasteiger charge is -2.11. The number of aryl methyl sites for hydroxylation is 1. The van der Waals surface area contributed by atoms with Crippen LogP contribution in [0.25, 0.3) is 5.69 Å². The van der Waals surface area contributed by atoms with Gasteiger partial charge in [-0.15, -0.1) is 0 Å². The van der Waals surface area contributed by atoms with Crippen LogP contribution in [0.1, 0.15) is 16.1 Å². The van der Waals surface area contributed by atoms with Crippen LogP contribution >= 0.6 is 27.5 Å². The fraction of sp³-hybridized carbons (Fsp3) is 0.167.